The molecule has 1 unspecified atom stereocenters. The fourth-order valence-electron chi connectivity index (χ4n) is 10.6. The van der Waals surface area contributed by atoms with E-state index < -0.39 is 0 Å². The molecule has 0 radical (unpaired) electrons. The Balaban J connectivity index is 0.954. The van der Waals surface area contributed by atoms with Crippen LogP contribution in [-0.4, -0.2) is 0 Å². The van der Waals surface area contributed by atoms with Crippen LogP contribution in [0.1, 0.15) is 44.9 Å². The van der Waals surface area contributed by atoms with Gasteiger partial charge in [-0.2, -0.15) is 0 Å². The summed E-state index contributed by atoms with van der Waals surface area (Å²) in [5, 5.41) is 2.55. The molecule has 0 spiro atoms. The normalized spacial score (nSPS) is 14.2. The molecule has 0 bridgehead atoms. The molecule has 0 saturated heterocycles. The van der Waals surface area contributed by atoms with Crippen LogP contribution >= 0.6 is 0 Å². The number of hydrogen-bond donors (Lipinski definition) is 0. The minimum Gasteiger partial charge on any atom is -0.311 e. The summed E-state index contributed by atoms with van der Waals surface area (Å²) in [6.45, 7) is 0. The smallest absolute Gasteiger partial charge is 0.0462 e. The van der Waals surface area contributed by atoms with Crippen molar-refractivity contribution in [3.63, 3.8) is 0 Å². The zero-order valence-electron chi connectivity index (χ0n) is 40.0. The second kappa shape index (κ2) is 20.0. The Hall–Kier alpha value is -9.24. The SMILES string of the molecule is C1=CC2=C(C=C(c3ccccc3)c3ccc(N(c4ccccc4)c4ccccc4)cc3)Cc3c(cc(C=C(c4ccccc4)c4ccc(N(c5ccccc5)c5ccccc5)cc4)c4ccccc34)C2C=C1. The van der Waals surface area contributed by atoms with Gasteiger partial charge in [-0.1, -0.05) is 206 Å². The van der Waals surface area contributed by atoms with Crippen molar-refractivity contribution >= 4 is 62.1 Å². The lowest BCUT2D eigenvalue weighted by Crippen LogP contribution is -2.15. The zero-order valence-corrected chi connectivity index (χ0v) is 40.0. The van der Waals surface area contributed by atoms with Crippen molar-refractivity contribution in [3.8, 4) is 0 Å². The van der Waals surface area contributed by atoms with Crippen molar-refractivity contribution in [2.45, 2.75) is 12.3 Å². The van der Waals surface area contributed by atoms with E-state index in [1.54, 1.807) is 0 Å². The predicted molar refractivity (Wildman–Crippen MR) is 305 cm³/mol. The standard InChI is InChI=1S/C70H52N2/c1-7-23-51(24-8-1)67(53-39-43-61(44-40-53)71(57-27-11-3-12-28-57)58-29-13-4-14-30-58)47-55-49-69-66-38-22-20-36-64(66)56(50-70(69)65-37-21-19-35-63(55)65)48-68(52-25-9-2-10-26-52)54-41-45-62(46-42-54)72(59-31-15-5-16-32-59)60-33-17-6-18-34-60/h1-49,66H,50H2. The maximum absolute atomic E-state index is 2.48. The first-order chi connectivity index (χ1) is 35.7. The molecule has 12 rings (SSSR count). The molecule has 2 nitrogen and oxygen atoms in total. The van der Waals surface area contributed by atoms with Crippen LogP contribution in [0.4, 0.5) is 34.1 Å². The van der Waals surface area contributed by atoms with Gasteiger partial charge >= 0.3 is 0 Å². The number of nitrogens with zero attached hydrogens (tertiary/aromatic N) is 2. The van der Waals surface area contributed by atoms with E-state index >= 15 is 0 Å². The molecule has 0 heterocycles. The Morgan fingerprint density at radius 1 is 0.361 bits per heavy atom. The Morgan fingerprint density at radius 2 is 0.736 bits per heavy atom. The average Bonchev–Trinajstić information content (AvgIpc) is 3.46. The molecule has 10 aromatic rings. The van der Waals surface area contributed by atoms with Gasteiger partial charge in [0.1, 0.15) is 0 Å². The molecule has 72 heavy (non-hydrogen) atoms. The van der Waals surface area contributed by atoms with Gasteiger partial charge in [0, 0.05) is 40.0 Å². The third-order valence-electron chi connectivity index (χ3n) is 14.0. The molecule has 0 amide bonds. The fourth-order valence-corrected chi connectivity index (χ4v) is 10.6. The Morgan fingerprint density at radius 3 is 1.19 bits per heavy atom. The lowest BCUT2D eigenvalue weighted by atomic mass is 9.73. The Labute approximate surface area is 423 Å². The Bertz CT molecular complexity index is 3570. The van der Waals surface area contributed by atoms with Gasteiger partial charge in [0.2, 0.25) is 0 Å². The third kappa shape index (κ3) is 8.83. The van der Waals surface area contributed by atoms with E-state index in [-0.39, 0.29) is 5.92 Å². The first-order valence-corrected chi connectivity index (χ1v) is 24.9. The van der Waals surface area contributed by atoms with Gasteiger partial charge in [-0.15, -0.1) is 0 Å². The second-order valence-electron chi connectivity index (χ2n) is 18.4. The summed E-state index contributed by atoms with van der Waals surface area (Å²) >= 11 is 0. The van der Waals surface area contributed by atoms with Gasteiger partial charge in [-0.05, 0) is 169 Å². The van der Waals surface area contributed by atoms with Crippen LogP contribution in [0.5, 0.6) is 0 Å². The number of fused-ring (bicyclic) bond motifs is 5. The summed E-state index contributed by atoms with van der Waals surface area (Å²) in [5.41, 5.74) is 20.5. The number of hydrogen-bond acceptors (Lipinski definition) is 2. The van der Waals surface area contributed by atoms with Gasteiger partial charge < -0.3 is 9.80 Å². The maximum Gasteiger partial charge on any atom is 0.0462 e. The zero-order chi connectivity index (χ0) is 48.1. The fraction of sp³-hybridized carbons (Fsp3) is 0.0286. The quantitative estimate of drug-likeness (QED) is 0.113. The van der Waals surface area contributed by atoms with Crippen molar-refractivity contribution in [1.29, 1.82) is 0 Å². The molecule has 0 fully saturated rings. The van der Waals surface area contributed by atoms with Crippen molar-refractivity contribution in [1.82, 2.24) is 0 Å². The van der Waals surface area contributed by atoms with Crippen LogP contribution in [0.3, 0.4) is 0 Å². The van der Waals surface area contributed by atoms with E-state index in [9.17, 15) is 0 Å². The predicted octanol–water partition coefficient (Wildman–Crippen LogP) is 18.6. The van der Waals surface area contributed by atoms with Crippen molar-refractivity contribution in [3.05, 3.63) is 341 Å². The molecule has 342 valence electrons. The van der Waals surface area contributed by atoms with Gasteiger partial charge in [0.05, 0.1) is 0 Å². The van der Waals surface area contributed by atoms with Crippen LogP contribution < -0.4 is 9.80 Å². The van der Waals surface area contributed by atoms with Crippen molar-refractivity contribution in [2.75, 3.05) is 9.80 Å². The minimum absolute atomic E-state index is 0.105. The number of allylic oxidation sites excluding steroid dienone is 7. The molecular formula is C70H52N2. The first-order valence-electron chi connectivity index (χ1n) is 24.9. The van der Waals surface area contributed by atoms with Gasteiger partial charge in [-0.25, -0.2) is 0 Å². The highest BCUT2D eigenvalue weighted by Gasteiger charge is 2.28. The molecular weight excluding hydrogens is 869 g/mol. The summed E-state index contributed by atoms with van der Waals surface area (Å²) in [7, 11) is 0. The summed E-state index contributed by atoms with van der Waals surface area (Å²) < 4.78 is 0. The topological polar surface area (TPSA) is 6.48 Å². The van der Waals surface area contributed by atoms with E-state index in [1.807, 2.05) is 0 Å². The molecule has 0 saturated carbocycles. The van der Waals surface area contributed by atoms with Gasteiger partial charge in [-0.3, -0.25) is 0 Å². The van der Waals surface area contributed by atoms with Gasteiger partial charge in [0.25, 0.3) is 0 Å². The lowest BCUT2D eigenvalue weighted by Gasteiger charge is -2.31. The summed E-state index contributed by atoms with van der Waals surface area (Å²) in [5.74, 6) is 0.105. The van der Waals surface area contributed by atoms with Crippen LogP contribution in [-0.2, 0) is 6.42 Å². The lowest BCUT2D eigenvalue weighted by molar-refractivity contribution is 0.918. The largest absolute Gasteiger partial charge is 0.311 e. The van der Waals surface area contributed by atoms with Crippen molar-refractivity contribution < 1.29 is 0 Å². The number of para-hydroxylation sites is 4. The molecule has 2 aliphatic rings. The molecule has 1 atom stereocenters. The highest BCUT2D eigenvalue weighted by Crippen LogP contribution is 2.46. The minimum atomic E-state index is 0.105. The van der Waals surface area contributed by atoms with Crippen LogP contribution in [0, 0.1) is 0 Å². The summed E-state index contributed by atoms with van der Waals surface area (Å²) in [6.07, 6.45) is 14.9. The summed E-state index contributed by atoms with van der Waals surface area (Å²) in [6, 6.07) is 93.9. The van der Waals surface area contributed by atoms with E-state index in [1.165, 1.54) is 66.4 Å². The summed E-state index contributed by atoms with van der Waals surface area (Å²) in [4.78, 5) is 4.64. The molecule has 2 heteroatoms. The molecule has 0 aliphatic heterocycles. The van der Waals surface area contributed by atoms with E-state index in [4.69, 9.17) is 0 Å². The van der Waals surface area contributed by atoms with Crippen molar-refractivity contribution in [2.24, 2.45) is 0 Å². The molecule has 2 aliphatic carbocycles. The Kier molecular flexibility index (Phi) is 12.2. The highest BCUT2D eigenvalue weighted by atomic mass is 15.1. The second-order valence-corrected chi connectivity index (χ2v) is 18.4. The molecule has 0 aromatic heterocycles. The third-order valence-corrected chi connectivity index (χ3v) is 14.0. The van der Waals surface area contributed by atoms with Crippen LogP contribution in [0.15, 0.2) is 302 Å². The van der Waals surface area contributed by atoms with Crippen LogP contribution in [0.2, 0.25) is 0 Å². The highest BCUT2D eigenvalue weighted by molar-refractivity contribution is 6.02. The van der Waals surface area contributed by atoms with E-state index in [0.29, 0.717) is 0 Å². The molecule has 10 aromatic carbocycles. The first kappa shape index (κ1) is 44.0. The van der Waals surface area contributed by atoms with Crippen LogP contribution in [0.25, 0.3) is 28.0 Å². The maximum atomic E-state index is 2.48. The van der Waals surface area contributed by atoms with Gasteiger partial charge in [0.15, 0.2) is 0 Å². The number of anilines is 6. The average molecular weight is 921 g/mol. The van der Waals surface area contributed by atoms with E-state index in [2.05, 4.69) is 307 Å². The number of rotatable bonds is 12. The number of benzene rings is 10. The molecule has 0 N–H and O–H groups in total. The monoisotopic (exact) mass is 920 g/mol. The van der Waals surface area contributed by atoms with E-state index in [0.717, 1.165) is 46.1 Å².